The second-order valence-electron chi connectivity index (χ2n) is 6.07. The van der Waals surface area contributed by atoms with E-state index in [1.54, 1.807) is 13.8 Å². The first-order chi connectivity index (χ1) is 12.1. The Bertz CT molecular complexity index is 810. The summed E-state index contributed by atoms with van der Waals surface area (Å²) in [6, 6.07) is 9.45. The highest BCUT2D eigenvalue weighted by Crippen LogP contribution is 2.28. The van der Waals surface area contributed by atoms with Crippen molar-refractivity contribution in [2.24, 2.45) is 0 Å². The van der Waals surface area contributed by atoms with Crippen LogP contribution in [0.25, 0.3) is 11.0 Å². The molecular weight excluding hydrogens is 320 g/mol. The number of esters is 1. The number of morpholine rings is 1. The highest BCUT2D eigenvalue weighted by atomic mass is 16.5. The number of para-hydroxylation sites is 2. The maximum absolute atomic E-state index is 12.4. The summed E-state index contributed by atoms with van der Waals surface area (Å²) < 4.78 is 10.6. The number of benzene rings is 1. The molecule has 0 radical (unpaired) electrons. The van der Waals surface area contributed by atoms with E-state index in [-0.39, 0.29) is 6.10 Å². The highest BCUT2D eigenvalue weighted by Gasteiger charge is 2.31. The standard InChI is InChI=1S/C18H20N4O3/c1-12(2)25-18(23)13(11-19)16-17(22-7-9-24-10-8-22)21-15-6-4-3-5-14(15)20-16/h3-6,12-13H,7-10H2,1-2H3/t13-/m0/s1. The van der Waals surface area contributed by atoms with Crippen LogP contribution in [0.4, 0.5) is 5.82 Å². The Labute approximate surface area is 146 Å². The second-order valence-corrected chi connectivity index (χ2v) is 6.07. The molecule has 1 saturated heterocycles. The zero-order valence-electron chi connectivity index (χ0n) is 14.3. The van der Waals surface area contributed by atoms with Gasteiger partial charge in [-0.05, 0) is 26.0 Å². The molecule has 7 nitrogen and oxygen atoms in total. The first-order valence-electron chi connectivity index (χ1n) is 8.29. The topological polar surface area (TPSA) is 88.3 Å². The molecule has 0 spiro atoms. The fraction of sp³-hybridized carbons (Fsp3) is 0.444. The van der Waals surface area contributed by atoms with Gasteiger partial charge in [-0.25, -0.2) is 9.97 Å². The van der Waals surface area contributed by atoms with Crippen LogP contribution in [0.2, 0.25) is 0 Å². The van der Waals surface area contributed by atoms with E-state index in [9.17, 15) is 10.1 Å². The molecule has 0 saturated carbocycles. The molecular formula is C18H20N4O3. The average Bonchev–Trinajstić information content (AvgIpc) is 2.62. The molecule has 1 aliphatic heterocycles. The number of aromatic nitrogens is 2. The van der Waals surface area contributed by atoms with Gasteiger partial charge < -0.3 is 14.4 Å². The van der Waals surface area contributed by atoms with Crippen LogP contribution < -0.4 is 4.90 Å². The lowest BCUT2D eigenvalue weighted by Gasteiger charge is -2.29. The Morgan fingerprint density at radius 2 is 1.88 bits per heavy atom. The number of rotatable bonds is 4. The van der Waals surface area contributed by atoms with E-state index in [0.29, 0.717) is 43.3 Å². The zero-order chi connectivity index (χ0) is 17.8. The third kappa shape index (κ3) is 3.69. The quantitative estimate of drug-likeness (QED) is 0.787. The molecule has 0 bridgehead atoms. The summed E-state index contributed by atoms with van der Waals surface area (Å²) >= 11 is 0. The van der Waals surface area contributed by atoms with Crippen molar-refractivity contribution in [1.29, 1.82) is 5.26 Å². The van der Waals surface area contributed by atoms with Crippen molar-refractivity contribution >= 4 is 22.8 Å². The van der Waals surface area contributed by atoms with Crippen LogP contribution in [0.3, 0.4) is 0 Å². The fourth-order valence-corrected chi connectivity index (χ4v) is 2.73. The highest BCUT2D eigenvalue weighted by molar-refractivity contribution is 5.85. The molecule has 130 valence electrons. The van der Waals surface area contributed by atoms with Crippen molar-refractivity contribution in [3.63, 3.8) is 0 Å². The first-order valence-corrected chi connectivity index (χ1v) is 8.29. The summed E-state index contributed by atoms with van der Waals surface area (Å²) in [5.74, 6) is -1.16. The van der Waals surface area contributed by atoms with Gasteiger partial charge in [0.1, 0.15) is 5.69 Å². The number of ether oxygens (including phenoxy) is 2. The maximum Gasteiger partial charge on any atom is 0.329 e. The number of hydrogen-bond acceptors (Lipinski definition) is 7. The van der Waals surface area contributed by atoms with Gasteiger partial charge in [0, 0.05) is 13.1 Å². The number of nitrogens with zero attached hydrogens (tertiary/aromatic N) is 4. The van der Waals surface area contributed by atoms with E-state index in [1.807, 2.05) is 35.2 Å². The second kappa shape index (κ2) is 7.45. The largest absolute Gasteiger partial charge is 0.462 e. The molecule has 25 heavy (non-hydrogen) atoms. The summed E-state index contributed by atoms with van der Waals surface area (Å²) in [6.07, 6.45) is -0.302. The predicted octanol–water partition coefficient (Wildman–Crippen LogP) is 2.03. The molecule has 1 aromatic carbocycles. The van der Waals surface area contributed by atoms with Crippen molar-refractivity contribution in [3.05, 3.63) is 30.0 Å². The Morgan fingerprint density at radius 1 is 1.24 bits per heavy atom. The number of anilines is 1. The van der Waals surface area contributed by atoms with Crippen molar-refractivity contribution in [3.8, 4) is 6.07 Å². The van der Waals surface area contributed by atoms with E-state index in [0.717, 1.165) is 5.52 Å². The van der Waals surface area contributed by atoms with Gasteiger partial charge in [0.2, 0.25) is 0 Å². The number of fused-ring (bicyclic) bond motifs is 1. The minimum absolute atomic E-state index is 0.302. The summed E-state index contributed by atoms with van der Waals surface area (Å²) in [5, 5.41) is 9.60. The van der Waals surface area contributed by atoms with Crippen molar-refractivity contribution in [2.45, 2.75) is 25.9 Å². The first kappa shape index (κ1) is 17.1. The zero-order valence-corrected chi connectivity index (χ0v) is 14.3. The Balaban J connectivity index is 2.09. The van der Waals surface area contributed by atoms with E-state index in [4.69, 9.17) is 9.47 Å². The van der Waals surface area contributed by atoms with E-state index >= 15 is 0 Å². The van der Waals surface area contributed by atoms with Crippen molar-refractivity contribution in [1.82, 2.24) is 9.97 Å². The van der Waals surface area contributed by atoms with Gasteiger partial charge >= 0.3 is 5.97 Å². The van der Waals surface area contributed by atoms with Crippen LogP contribution in [0, 0.1) is 11.3 Å². The van der Waals surface area contributed by atoms with E-state index in [1.165, 1.54) is 0 Å². The monoisotopic (exact) mass is 340 g/mol. The molecule has 1 fully saturated rings. The van der Waals surface area contributed by atoms with Crippen LogP contribution in [-0.4, -0.2) is 48.3 Å². The van der Waals surface area contributed by atoms with Gasteiger partial charge in [0.25, 0.3) is 0 Å². The normalized spacial score (nSPS) is 15.8. The van der Waals surface area contributed by atoms with Gasteiger partial charge in [-0.2, -0.15) is 5.26 Å². The Morgan fingerprint density at radius 3 is 2.48 bits per heavy atom. The molecule has 1 aromatic heterocycles. The van der Waals surface area contributed by atoms with Gasteiger partial charge in [-0.3, -0.25) is 4.79 Å². The SMILES string of the molecule is CC(C)OC(=O)[C@@H](C#N)c1nc2ccccc2nc1N1CCOCC1. The third-order valence-electron chi connectivity index (χ3n) is 3.88. The summed E-state index contributed by atoms with van der Waals surface area (Å²) in [5.41, 5.74) is 1.71. The van der Waals surface area contributed by atoms with Gasteiger partial charge in [0.15, 0.2) is 11.7 Å². The average molecular weight is 340 g/mol. The van der Waals surface area contributed by atoms with Crippen LogP contribution in [0.1, 0.15) is 25.5 Å². The lowest BCUT2D eigenvalue weighted by atomic mass is 10.1. The minimum atomic E-state index is -1.11. The van der Waals surface area contributed by atoms with Gasteiger partial charge in [-0.15, -0.1) is 0 Å². The maximum atomic E-state index is 12.4. The number of carbonyl (C=O) groups excluding carboxylic acids is 1. The predicted molar refractivity (Wildman–Crippen MR) is 92.2 cm³/mol. The smallest absolute Gasteiger partial charge is 0.329 e. The molecule has 0 unspecified atom stereocenters. The molecule has 2 heterocycles. The van der Waals surface area contributed by atoms with Crippen LogP contribution in [0.5, 0.6) is 0 Å². The Hall–Kier alpha value is -2.72. The minimum Gasteiger partial charge on any atom is -0.462 e. The van der Waals surface area contributed by atoms with Gasteiger partial charge in [0.05, 0.1) is 36.4 Å². The lowest BCUT2D eigenvalue weighted by Crippen LogP contribution is -2.38. The lowest BCUT2D eigenvalue weighted by molar-refractivity contribution is -0.147. The third-order valence-corrected chi connectivity index (χ3v) is 3.88. The molecule has 3 rings (SSSR count). The number of carbonyl (C=O) groups is 1. The molecule has 1 aliphatic rings. The summed E-state index contributed by atoms with van der Waals surface area (Å²) in [6.45, 7) is 5.92. The molecule has 1 atom stereocenters. The van der Waals surface area contributed by atoms with Crippen molar-refractivity contribution in [2.75, 3.05) is 31.2 Å². The van der Waals surface area contributed by atoms with Crippen molar-refractivity contribution < 1.29 is 14.3 Å². The summed E-state index contributed by atoms with van der Waals surface area (Å²) in [7, 11) is 0. The van der Waals surface area contributed by atoms with Crippen LogP contribution >= 0.6 is 0 Å². The molecule has 2 aromatic rings. The number of hydrogen-bond donors (Lipinski definition) is 0. The summed E-state index contributed by atoms with van der Waals surface area (Å²) in [4.78, 5) is 23.7. The van der Waals surface area contributed by atoms with E-state index in [2.05, 4.69) is 9.97 Å². The molecule has 0 aliphatic carbocycles. The molecule has 7 heteroatoms. The number of nitriles is 1. The molecule has 0 amide bonds. The van der Waals surface area contributed by atoms with Crippen LogP contribution in [-0.2, 0) is 14.3 Å². The molecule has 0 N–H and O–H groups in total. The van der Waals surface area contributed by atoms with E-state index < -0.39 is 11.9 Å². The van der Waals surface area contributed by atoms with Crippen LogP contribution in [0.15, 0.2) is 24.3 Å². The van der Waals surface area contributed by atoms with Gasteiger partial charge in [-0.1, -0.05) is 12.1 Å². The Kier molecular flexibility index (Phi) is 5.10. The fourth-order valence-electron chi connectivity index (χ4n) is 2.73.